The van der Waals surface area contributed by atoms with Gasteiger partial charge in [-0.25, -0.2) is 0 Å². The first-order valence-corrected chi connectivity index (χ1v) is 6.25. The van der Waals surface area contributed by atoms with Gasteiger partial charge < -0.3 is 10.2 Å². The van der Waals surface area contributed by atoms with Crippen LogP contribution in [0.4, 0.5) is 0 Å². The molecule has 4 heteroatoms. The number of benzene rings is 1. The predicted octanol–water partition coefficient (Wildman–Crippen LogP) is 1.44. The lowest BCUT2D eigenvalue weighted by Gasteiger charge is -2.24. The van der Waals surface area contributed by atoms with Crippen LogP contribution in [-0.2, 0) is 11.3 Å². The van der Waals surface area contributed by atoms with Crippen molar-refractivity contribution < 1.29 is 4.79 Å². The zero-order valence-corrected chi connectivity index (χ0v) is 11.2. The molecule has 2 rings (SSSR count). The maximum absolute atomic E-state index is 12.2. The first-order valence-electron chi connectivity index (χ1n) is 6.25. The van der Waals surface area contributed by atoms with Gasteiger partial charge >= 0.3 is 0 Å². The lowest BCUT2D eigenvalue weighted by atomic mass is 10.0. The van der Waals surface area contributed by atoms with Gasteiger partial charge in [-0.3, -0.25) is 4.79 Å². The average Bonchev–Trinajstić information content (AvgIpc) is 2.36. The van der Waals surface area contributed by atoms with Crippen LogP contribution in [0.3, 0.4) is 0 Å². The van der Waals surface area contributed by atoms with E-state index in [9.17, 15) is 4.79 Å². The number of nitrogens with zero attached hydrogens (tertiary/aromatic N) is 2. The van der Waals surface area contributed by atoms with Gasteiger partial charge in [-0.1, -0.05) is 12.1 Å². The Morgan fingerprint density at radius 2 is 2.00 bits per heavy atom. The van der Waals surface area contributed by atoms with E-state index < -0.39 is 0 Å². The van der Waals surface area contributed by atoms with Gasteiger partial charge in [0.15, 0.2) is 0 Å². The van der Waals surface area contributed by atoms with Crippen molar-refractivity contribution in [2.45, 2.75) is 13.5 Å². The van der Waals surface area contributed by atoms with Crippen molar-refractivity contribution in [3.05, 3.63) is 46.5 Å². The van der Waals surface area contributed by atoms with Crippen LogP contribution < -0.4 is 5.32 Å². The van der Waals surface area contributed by atoms with Crippen LogP contribution in [0.2, 0.25) is 0 Å². The van der Waals surface area contributed by atoms with Gasteiger partial charge in [-0.05, 0) is 30.2 Å². The Morgan fingerprint density at radius 1 is 1.37 bits per heavy atom. The summed E-state index contributed by atoms with van der Waals surface area (Å²) in [6.07, 6.45) is 0. The van der Waals surface area contributed by atoms with Gasteiger partial charge in [-0.2, -0.15) is 5.26 Å². The molecule has 0 atom stereocenters. The van der Waals surface area contributed by atoms with Crippen LogP contribution >= 0.6 is 0 Å². The van der Waals surface area contributed by atoms with Gasteiger partial charge in [0.1, 0.15) is 0 Å². The molecule has 1 aliphatic rings. The Bertz CT molecular complexity index is 546. The Labute approximate surface area is 113 Å². The first kappa shape index (κ1) is 13.3. The maximum Gasteiger partial charge on any atom is 0.249 e. The molecule has 0 radical (unpaired) electrons. The summed E-state index contributed by atoms with van der Waals surface area (Å²) >= 11 is 0. The third-order valence-electron chi connectivity index (χ3n) is 3.38. The maximum atomic E-state index is 12.2. The zero-order chi connectivity index (χ0) is 13.8. The standard InChI is InChI=1S/C15H17N3O/c1-11(14-8-17-9-14)15(19)18(2)10-13-5-3-12(7-16)4-6-13/h3-6,17H,8-10H2,1-2H3. The molecule has 0 aromatic heterocycles. The molecule has 19 heavy (non-hydrogen) atoms. The zero-order valence-electron chi connectivity index (χ0n) is 11.2. The van der Waals surface area contributed by atoms with Crippen molar-refractivity contribution in [3.63, 3.8) is 0 Å². The minimum atomic E-state index is 0.0702. The second-order valence-corrected chi connectivity index (χ2v) is 4.80. The fourth-order valence-electron chi connectivity index (χ4n) is 1.98. The van der Waals surface area contributed by atoms with Gasteiger partial charge in [0, 0.05) is 32.3 Å². The van der Waals surface area contributed by atoms with Crippen molar-refractivity contribution >= 4 is 5.91 Å². The smallest absolute Gasteiger partial charge is 0.249 e. The fraction of sp³-hybridized carbons (Fsp3) is 0.333. The summed E-state index contributed by atoms with van der Waals surface area (Å²) in [5.41, 5.74) is 3.70. The number of amides is 1. The van der Waals surface area contributed by atoms with Crippen LogP contribution in [0.5, 0.6) is 0 Å². The van der Waals surface area contributed by atoms with Crippen LogP contribution in [-0.4, -0.2) is 30.9 Å². The van der Waals surface area contributed by atoms with Crippen molar-refractivity contribution in [2.75, 3.05) is 20.1 Å². The summed E-state index contributed by atoms with van der Waals surface area (Å²) < 4.78 is 0. The molecule has 1 amide bonds. The number of hydrogen-bond acceptors (Lipinski definition) is 3. The van der Waals surface area contributed by atoms with Crippen molar-refractivity contribution in [2.24, 2.45) is 0 Å². The summed E-state index contributed by atoms with van der Waals surface area (Å²) in [5, 5.41) is 11.9. The highest BCUT2D eigenvalue weighted by Gasteiger charge is 2.18. The number of carbonyl (C=O) groups excluding carboxylic acids is 1. The second-order valence-electron chi connectivity index (χ2n) is 4.80. The number of likely N-dealkylation sites (N-methyl/N-ethyl adjacent to an activating group) is 1. The fourth-order valence-corrected chi connectivity index (χ4v) is 1.98. The minimum Gasteiger partial charge on any atom is -0.338 e. The number of nitrogens with one attached hydrogen (secondary N) is 1. The minimum absolute atomic E-state index is 0.0702. The van der Waals surface area contributed by atoms with E-state index in [2.05, 4.69) is 11.4 Å². The molecule has 0 bridgehead atoms. The second kappa shape index (κ2) is 5.68. The Hall–Kier alpha value is -2.12. The van der Waals surface area contributed by atoms with E-state index in [1.54, 1.807) is 24.1 Å². The number of carbonyl (C=O) groups is 1. The molecule has 98 valence electrons. The third-order valence-corrected chi connectivity index (χ3v) is 3.38. The molecule has 0 spiro atoms. The van der Waals surface area contributed by atoms with Crippen LogP contribution in [0.1, 0.15) is 18.1 Å². The lowest BCUT2D eigenvalue weighted by molar-refractivity contribution is -0.126. The highest BCUT2D eigenvalue weighted by molar-refractivity contribution is 5.93. The quantitative estimate of drug-likeness (QED) is 0.831. The van der Waals surface area contributed by atoms with Crippen LogP contribution in [0.25, 0.3) is 0 Å². The Balaban J connectivity index is 2.02. The first-order chi connectivity index (χ1) is 9.11. The molecule has 1 saturated heterocycles. The molecule has 1 fully saturated rings. The van der Waals surface area contributed by atoms with Gasteiger partial charge in [0.25, 0.3) is 0 Å². The third kappa shape index (κ3) is 3.01. The number of rotatable bonds is 3. The van der Waals surface area contributed by atoms with E-state index in [0.29, 0.717) is 12.1 Å². The molecule has 0 unspecified atom stereocenters. The van der Waals surface area contributed by atoms with Gasteiger partial charge in [0.05, 0.1) is 11.6 Å². The monoisotopic (exact) mass is 255 g/mol. The molecule has 1 aromatic rings. The van der Waals surface area contributed by atoms with E-state index in [-0.39, 0.29) is 5.91 Å². The summed E-state index contributed by atoms with van der Waals surface area (Å²) in [4.78, 5) is 13.9. The molecular weight excluding hydrogens is 238 g/mol. The van der Waals surface area contributed by atoms with Crippen molar-refractivity contribution in [3.8, 4) is 6.07 Å². The summed E-state index contributed by atoms with van der Waals surface area (Å²) in [5.74, 6) is 0.0702. The van der Waals surface area contributed by atoms with Crippen LogP contribution in [0.15, 0.2) is 35.4 Å². The molecule has 1 N–H and O–H groups in total. The topological polar surface area (TPSA) is 56.1 Å². The average molecular weight is 255 g/mol. The van der Waals surface area contributed by atoms with E-state index in [1.807, 2.05) is 19.1 Å². The van der Waals surface area contributed by atoms with Crippen molar-refractivity contribution in [1.82, 2.24) is 10.2 Å². The molecule has 0 aliphatic carbocycles. The number of nitriles is 1. The number of hydrogen-bond donors (Lipinski definition) is 1. The largest absolute Gasteiger partial charge is 0.338 e. The highest BCUT2D eigenvalue weighted by atomic mass is 16.2. The Kier molecular flexibility index (Phi) is 3.98. The molecule has 1 aromatic carbocycles. The molecule has 4 nitrogen and oxygen atoms in total. The summed E-state index contributed by atoms with van der Waals surface area (Å²) in [6, 6.07) is 9.40. The van der Waals surface area contributed by atoms with E-state index in [0.717, 1.165) is 24.2 Å². The Morgan fingerprint density at radius 3 is 2.47 bits per heavy atom. The molecule has 1 heterocycles. The van der Waals surface area contributed by atoms with Gasteiger partial charge in [0.2, 0.25) is 5.91 Å². The van der Waals surface area contributed by atoms with Crippen LogP contribution in [0, 0.1) is 11.3 Å². The molecule has 0 saturated carbocycles. The van der Waals surface area contributed by atoms with E-state index in [1.165, 1.54) is 5.57 Å². The highest BCUT2D eigenvalue weighted by Crippen LogP contribution is 2.13. The molecule has 1 aliphatic heterocycles. The SMILES string of the molecule is CC(C(=O)N(C)Cc1ccc(C#N)cc1)=C1CNC1. The summed E-state index contributed by atoms with van der Waals surface area (Å²) in [7, 11) is 1.80. The normalized spacial score (nSPS) is 13.4. The molecular formula is C15H17N3O. The van der Waals surface area contributed by atoms with Gasteiger partial charge in [-0.15, -0.1) is 0 Å². The predicted molar refractivity (Wildman–Crippen MR) is 73.2 cm³/mol. The van der Waals surface area contributed by atoms with E-state index in [4.69, 9.17) is 5.26 Å². The summed E-state index contributed by atoms with van der Waals surface area (Å²) in [6.45, 7) is 4.08. The lowest BCUT2D eigenvalue weighted by Crippen LogP contribution is -2.38. The van der Waals surface area contributed by atoms with Crippen molar-refractivity contribution in [1.29, 1.82) is 5.26 Å². The van der Waals surface area contributed by atoms with E-state index >= 15 is 0 Å².